The zero-order valence-electron chi connectivity index (χ0n) is 21.3. The maximum Gasteiger partial charge on any atom is 0.269 e. The molecule has 0 saturated heterocycles. The molecule has 0 spiro atoms. The van der Waals surface area contributed by atoms with E-state index < -0.39 is 10.8 Å². The molecule has 0 aliphatic heterocycles. The lowest BCUT2D eigenvalue weighted by Gasteiger charge is -2.10. The minimum atomic E-state index is -0.477. The minimum absolute atomic E-state index is 0.0145. The van der Waals surface area contributed by atoms with Crippen LogP contribution < -0.4 is 20.2 Å². The standard InChI is InChI=1S/C27H24N6O6S/c1-18-6-2-4-8-22(18)26(35)29-27-32-31-25(40-27)16-24(34)30-28-17-19-7-3-5-9-23(19)39-15-14-38-21-12-10-20(11-13-21)33(36)37/h2-13,17H,14-16H2,1H3,(H,30,34)(H,29,32,35)/b28-17-. The highest BCUT2D eigenvalue weighted by Crippen LogP contribution is 2.19. The number of ether oxygens (including phenoxy) is 2. The predicted molar refractivity (Wildman–Crippen MR) is 149 cm³/mol. The van der Waals surface area contributed by atoms with Crippen LogP contribution >= 0.6 is 11.3 Å². The molecule has 4 aromatic rings. The van der Waals surface area contributed by atoms with Gasteiger partial charge in [-0.15, -0.1) is 10.2 Å². The van der Waals surface area contributed by atoms with Crippen LogP contribution in [0.25, 0.3) is 0 Å². The van der Waals surface area contributed by atoms with Crippen molar-refractivity contribution in [3.63, 3.8) is 0 Å². The smallest absolute Gasteiger partial charge is 0.269 e. The van der Waals surface area contributed by atoms with Gasteiger partial charge < -0.3 is 9.47 Å². The number of nitrogens with zero attached hydrogens (tertiary/aromatic N) is 4. The van der Waals surface area contributed by atoms with Gasteiger partial charge in [0.05, 0.1) is 17.6 Å². The minimum Gasteiger partial charge on any atom is -0.490 e. The summed E-state index contributed by atoms with van der Waals surface area (Å²) in [5, 5.41) is 26.0. The van der Waals surface area contributed by atoms with Crippen LogP contribution in [-0.2, 0) is 11.2 Å². The number of hydrazone groups is 1. The number of anilines is 1. The van der Waals surface area contributed by atoms with Crippen molar-refractivity contribution >= 4 is 40.2 Å². The first-order valence-corrected chi connectivity index (χ1v) is 12.8. The third kappa shape index (κ3) is 7.91. The van der Waals surface area contributed by atoms with Crippen LogP contribution in [-0.4, -0.2) is 46.4 Å². The fraction of sp³-hybridized carbons (Fsp3) is 0.148. The van der Waals surface area contributed by atoms with Gasteiger partial charge in [-0.05, 0) is 42.8 Å². The zero-order chi connectivity index (χ0) is 28.3. The molecular weight excluding hydrogens is 536 g/mol. The molecule has 1 heterocycles. The van der Waals surface area contributed by atoms with Crippen LogP contribution in [0, 0.1) is 17.0 Å². The monoisotopic (exact) mass is 560 g/mol. The second kappa shape index (κ2) is 13.6. The van der Waals surface area contributed by atoms with Gasteiger partial charge in [0.25, 0.3) is 11.6 Å². The molecular formula is C27H24N6O6S. The Morgan fingerprint density at radius 1 is 1.00 bits per heavy atom. The van der Waals surface area contributed by atoms with E-state index in [1.807, 2.05) is 19.1 Å². The Kier molecular flexibility index (Phi) is 9.45. The molecule has 0 unspecified atom stereocenters. The van der Waals surface area contributed by atoms with Crippen molar-refractivity contribution in [3.8, 4) is 11.5 Å². The molecule has 12 nitrogen and oxygen atoms in total. The molecule has 0 fully saturated rings. The summed E-state index contributed by atoms with van der Waals surface area (Å²) < 4.78 is 11.3. The number of nitro groups is 1. The Hall–Kier alpha value is -5.17. The number of non-ortho nitro benzene ring substituents is 1. The van der Waals surface area contributed by atoms with Crippen molar-refractivity contribution in [1.82, 2.24) is 15.6 Å². The number of aryl methyl sites for hydroxylation is 1. The van der Waals surface area contributed by atoms with E-state index in [9.17, 15) is 19.7 Å². The Bertz CT molecular complexity index is 1520. The van der Waals surface area contributed by atoms with Crippen molar-refractivity contribution in [2.75, 3.05) is 18.5 Å². The average Bonchev–Trinajstić information content (AvgIpc) is 3.38. The van der Waals surface area contributed by atoms with Crippen LogP contribution in [0.15, 0.2) is 77.9 Å². The topological polar surface area (TPSA) is 158 Å². The molecule has 1 aromatic heterocycles. The summed E-state index contributed by atoms with van der Waals surface area (Å²) >= 11 is 1.11. The number of nitro benzene ring substituents is 1. The number of para-hydroxylation sites is 1. The number of amides is 2. The normalized spacial score (nSPS) is 10.7. The van der Waals surface area contributed by atoms with Crippen LogP contribution in [0.1, 0.15) is 26.5 Å². The summed E-state index contributed by atoms with van der Waals surface area (Å²) in [7, 11) is 0. The Balaban J connectivity index is 1.23. The maximum absolute atomic E-state index is 12.4. The SMILES string of the molecule is Cc1ccccc1C(=O)Nc1nnc(CC(=O)N/N=C\c2ccccc2OCCOc2ccc([N+](=O)[O-])cc2)s1. The van der Waals surface area contributed by atoms with E-state index in [2.05, 4.69) is 26.0 Å². The van der Waals surface area contributed by atoms with Gasteiger partial charge in [-0.2, -0.15) is 5.10 Å². The number of carbonyl (C=O) groups is 2. The van der Waals surface area contributed by atoms with Gasteiger partial charge >= 0.3 is 0 Å². The van der Waals surface area contributed by atoms with Crippen molar-refractivity contribution in [3.05, 3.63) is 105 Å². The summed E-state index contributed by atoms with van der Waals surface area (Å²) in [6, 6.07) is 20.1. The van der Waals surface area contributed by atoms with Gasteiger partial charge in [0, 0.05) is 23.3 Å². The number of aromatic nitrogens is 2. The predicted octanol–water partition coefficient (Wildman–Crippen LogP) is 4.16. The molecule has 0 bridgehead atoms. The van der Waals surface area contributed by atoms with Crippen LogP contribution in [0.3, 0.4) is 0 Å². The summed E-state index contributed by atoms with van der Waals surface area (Å²) in [5.41, 5.74) is 4.44. The van der Waals surface area contributed by atoms with Crippen molar-refractivity contribution in [2.45, 2.75) is 13.3 Å². The highest BCUT2D eigenvalue weighted by molar-refractivity contribution is 7.15. The van der Waals surface area contributed by atoms with Crippen LogP contribution in [0.4, 0.5) is 10.8 Å². The molecule has 2 N–H and O–H groups in total. The Morgan fingerprint density at radius 3 is 2.50 bits per heavy atom. The lowest BCUT2D eigenvalue weighted by molar-refractivity contribution is -0.384. The third-order valence-corrected chi connectivity index (χ3v) is 6.20. The number of nitrogens with one attached hydrogen (secondary N) is 2. The molecule has 0 atom stereocenters. The lowest BCUT2D eigenvalue weighted by Crippen LogP contribution is -2.19. The molecule has 4 rings (SSSR count). The molecule has 13 heteroatoms. The largest absolute Gasteiger partial charge is 0.490 e. The Morgan fingerprint density at radius 2 is 1.73 bits per heavy atom. The van der Waals surface area contributed by atoms with Gasteiger partial charge in [0.1, 0.15) is 29.7 Å². The molecule has 0 aliphatic rings. The molecule has 40 heavy (non-hydrogen) atoms. The summed E-state index contributed by atoms with van der Waals surface area (Å²) in [5.74, 6) is 0.321. The van der Waals surface area contributed by atoms with E-state index in [4.69, 9.17) is 9.47 Å². The molecule has 0 saturated carbocycles. The van der Waals surface area contributed by atoms with E-state index in [0.29, 0.717) is 32.8 Å². The van der Waals surface area contributed by atoms with E-state index in [0.717, 1.165) is 16.9 Å². The number of carbonyl (C=O) groups excluding carboxylic acids is 2. The van der Waals surface area contributed by atoms with E-state index in [1.165, 1.54) is 30.5 Å². The molecule has 2 amide bonds. The van der Waals surface area contributed by atoms with Gasteiger partial charge in [-0.1, -0.05) is 41.7 Å². The first-order chi connectivity index (χ1) is 19.4. The summed E-state index contributed by atoms with van der Waals surface area (Å²) in [4.78, 5) is 35.0. The summed E-state index contributed by atoms with van der Waals surface area (Å²) in [6.45, 7) is 2.28. The fourth-order valence-corrected chi connectivity index (χ4v) is 4.15. The van der Waals surface area contributed by atoms with Crippen molar-refractivity contribution in [1.29, 1.82) is 0 Å². The molecule has 3 aromatic carbocycles. The van der Waals surface area contributed by atoms with Crippen LogP contribution in [0.2, 0.25) is 0 Å². The quantitative estimate of drug-likeness (QED) is 0.113. The first-order valence-electron chi connectivity index (χ1n) is 12.0. The zero-order valence-corrected chi connectivity index (χ0v) is 22.1. The molecule has 204 valence electrons. The molecule has 0 aliphatic carbocycles. The van der Waals surface area contributed by atoms with Crippen molar-refractivity contribution in [2.24, 2.45) is 5.10 Å². The number of rotatable bonds is 12. The maximum atomic E-state index is 12.4. The fourth-order valence-electron chi connectivity index (χ4n) is 3.41. The molecule has 0 radical (unpaired) electrons. The number of hydrogen-bond donors (Lipinski definition) is 2. The van der Waals surface area contributed by atoms with Crippen molar-refractivity contribution < 1.29 is 24.0 Å². The third-order valence-electron chi connectivity index (χ3n) is 5.36. The van der Waals surface area contributed by atoms with E-state index >= 15 is 0 Å². The highest BCUT2D eigenvalue weighted by atomic mass is 32.1. The van der Waals surface area contributed by atoms with E-state index in [-0.39, 0.29) is 31.2 Å². The van der Waals surface area contributed by atoms with Gasteiger partial charge in [-0.25, -0.2) is 5.43 Å². The van der Waals surface area contributed by atoms with Crippen LogP contribution in [0.5, 0.6) is 11.5 Å². The Labute approximate surface area is 232 Å². The average molecular weight is 561 g/mol. The number of hydrogen-bond acceptors (Lipinski definition) is 10. The lowest BCUT2D eigenvalue weighted by atomic mass is 10.1. The van der Waals surface area contributed by atoms with E-state index in [1.54, 1.807) is 36.4 Å². The summed E-state index contributed by atoms with van der Waals surface area (Å²) in [6.07, 6.45) is 1.39. The highest BCUT2D eigenvalue weighted by Gasteiger charge is 2.14. The van der Waals surface area contributed by atoms with Gasteiger partial charge in [0.15, 0.2) is 0 Å². The van der Waals surface area contributed by atoms with Gasteiger partial charge in [0.2, 0.25) is 11.0 Å². The second-order valence-corrected chi connectivity index (χ2v) is 9.29. The first kappa shape index (κ1) is 27.9. The number of benzene rings is 3. The second-order valence-electron chi connectivity index (χ2n) is 8.23. The van der Waals surface area contributed by atoms with Gasteiger partial charge in [-0.3, -0.25) is 25.0 Å².